The van der Waals surface area contributed by atoms with Crippen LogP contribution in [0.1, 0.15) is 30.1 Å². The van der Waals surface area contributed by atoms with Crippen molar-refractivity contribution in [1.29, 1.82) is 0 Å². The molecule has 0 aromatic heterocycles. The highest BCUT2D eigenvalue weighted by Crippen LogP contribution is 2.28. The zero-order chi connectivity index (χ0) is 12.0. The van der Waals surface area contributed by atoms with Gasteiger partial charge in [0, 0.05) is 5.56 Å². The average molecular weight is 223 g/mol. The molecule has 16 heavy (non-hydrogen) atoms. The van der Waals surface area contributed by atoms with Crippen molar-refractivity contribution in [2.45, 2.75) is 19.8 Å². The lowest BCUT2D eigenvalue weighted by molar-refractivity contribution is 0.0999. The van der Waals surface area contributed by atoms with Gasteiger partial charge < -0.3 is 15.2 Å². The van der Waals surface area contributed by atoms with Gasteiger partial charge in [-0.15, -0.1) is 0 Å². The first-order valence-corrected chi connectivity index (χ1v) is 5.29. The van der Waals surface area contributed by atoms with E-state index < -0.39 is 5.91 Å². The molecule has 0 aliphatic heterocycles. The van der Waals surface area contributed by atoms with Crippen LogP contribution in [0.5, 0.6) is 11.5 Å². The number of carbonyl (C=O) groups is 1. The molecule has 0 saturated carbocycles. The van der Waals surface area contributed by atoms with Crippen molar-refractivity contribution < 1.29 is 14.3 Å². The van der Waals surface area contributed by atoms with Crippen LogP contribution in [0.2, 0.25) is 0 Å². The van der Waals surface area contributed by atoms with Gasteiger partial charge in [0.2, 0.25) is 5.91 Å². The van der Waals surface area contributed by atoms with Crippen molar-refractivity contribution in [3.05, 3.63) is 23.8 Å². The smallest absolute Gasteiger partial charge is 0.248 e. The van der Waals surface area contributed by atoms with Crippen LogP contribution in [0.4, 0.5) is 0 Å². The van der Waals surface area contributed by atoms with Gasteiger partial charge in [0.05, 0.1) is 13.7 Å². The number of nitrogens with two attached hydrogens (primary N) is 1. The summed E-state index contributed by atoms with van der Waals surface area (Å²) in [6.45, 7) is 2.69. The molecule has 0 spiro atoms. The SMILES string of the molecule is CCCCOc1cc(C(N)=O)ccc1OC. The molecule has 4 nitrogen and oxygen atoms in total. The van der Waals surface area contributed by atoms with Crippen LogP contribution >= 0.6 is 0 Å². The third kappa shape index (κ3) is 3.15. The van der Waals surface area contributed by atoms with Gasteiger partial charge >= 0.3 is 0 Å². The van der Waals surface area contributed by atoms with Crippen LogP contribution in [-0.2, 0) is 0 Å². The third-order valence-electron chi connectivity index (χ3n) is 2.20. The second kappa shape index (κ2) is 6.00. The molecule has 1 rings (SSSR count). The van der Waals surface area contributed by atoms with Crippen LogP contribution in [0.25, 0.3) is 0 Å². The molecule has 0 unspecified atom stereocenters. The summed E-state index contributed by atoms with van der Waals surface area (Å²) >= 11 is 0. The molecule has 0 radical (unpaired) electrons. The van der Waals surface area contributed by atoms with E-state index in [-0.39, 0.29) is 0 Å². The summed E-state index contributed by atoms with van der Waals surface area (Å²) in [5, 5.41) is 0. The maximum absolute atomic E-state index is 11.0. The summed E-state index contributed by atoms with van der Waals surface area (Å²) in [6, 6.07) is 4.91. The monoisotopic (exact) mass is 223 g/mol. The predicted octanol–water partition coefficient (Wildman–Crippen LogP) is 1.97. The van der Waals surface area contributed by atoms with Gasteiger partial charge in [0.25, 0.3) is 0 Å². The third-order valence-corrected chi connectivity index (χ3v) is 2.20. The topological polar surface area (TPSA) is 61.5 Å². The van der Waals surface area contributed by atoms with Gasteiger partial charge in [-0.3, -0.25) is 4.79 Å². The molecule has 0 heterocycles. The molecule has 0 bridgehead atoms. The van der Waals surface area contributed by atoms with E-state index >= 15 is 0 Å². The van der Waals surface area contributed by atoms with Crippen LogP contribution in [0.3, 0.4) is 0 Å². The molecule has 0 aliphatic rings. The maximum atomic E-state index is 11.0. The fraction of sp³-hybridized carbons (Fsp3) is 0.417. The lowest BCUT2D eigenvalue weighted by atomic mass is 10.2. The van der Waals surface area contributed by atoms with Crippen molar-refractivity contribution in [2.75, 3.05) is 13.7 Å². The Hall–Kier alpha value is -1.71. The molecular formula is C12H17NO3. The highest BCUT2D eigenvalue weighted by atomic mass is 16.5. The Morgan fingerprint density at radius 1 is 1.38 bits per heavy atom. The van der Waals surface area contributed by atoms with Crippen LogP contribution in [-0.4, -0.2) is 19.6 Å². The number of ether oxygens (including phenoxy) is 2. The molecule has 0 fully saturated rings. The van der Waals surface area contributed by atoms with Gasteiger partial charge in [-0.25, -0.2) is 0 Å². The molecule has 2 N–H and O–H groups in total. The summed E-state index contributed by atoms with van der Waals surface area (Å²) in [5.74, 6) is 0.705. The summed E-state index contributed by atoms with van der Waals surface area (Å²) < 4.78 is 10.7. The molecule has 4 heteroatoms. The van der Waals surface area contributed by atoms with Crippen molar-refractivity contribution in [1.82, 2.24) is 0 Å². The minimum atomic E-state index is -0.469. The van der Waals surface area contributed by atoms with E-state index in [1.165, 1.54) is 0 Å². The Balaban J connectivity index is 2.84. The predicted molar refractivity (Wildman–Crippen MR) is 61.9 cm³/mol. The normalized spacial score (nSPS) is 9.88. The summed E-state index contributed by atoms with van der Waals surface area (Å²) in [5.41, 5.74) is 5.62. The van der Waals surface area contributed by atoms with Gasteiger partial charge in [-0.1, -0.05) is 13.3 Å². The number of unbranched alkanes of at least 4 members (excludes halogenated alkanes) is 1. The van der Waals surface area contributed by atoms with Gasteiger partial charge in [0.1, 0.15) is 0 Å². The summed E-state index contributed by atoms with van der Waals surface area (Å²) in [7, 11) is 1.56. The first-order chi connectivity index (χ1) is 7.69. The standard InChI is InChI=1S/C12H17NO3/c1-3-4-7-16-11-8-9(12(13)14)5-6-10(11)15-2/h5-6,8H,3-4,7H2,1-2H3,(H2,13,14). The minimum absolute atomic E-state index is 0.423. The van der Waals surface area contributed by atoms with Gasteiger partial charge in [-0.05, 0) is 24.6 Å². The molecule has 0 aliphatic carbocycles. The molecule has 1 aromatic rings. The molecule has 88 valence electrons. The van der Waals surface area contributed by atoms with E-state index in [0.29, 0.717) is 23.7 Å². The second-order valence-electron chi connectivity index (χ2n) is 3.43. The quantitative estimate of drug-likeness (QED) is 0.750. The largest absolute Gasteiger partial charge is 0.493 e. The van der Waals surface area contributed by atoms with E-state index in [2.05, 4.69) is 6.92 Å². The van der Waals surface area contributed by atoms with Crippen molar-refractivity contribution in [2.24, 2.45) is 5.73 Å². The Kier molecular flexibility index (Phi) is 4.64. The Morgan fingerprint density at radius 2 is 2.12 bits per heavy atom. The number of methoxy groups -OCH3 is 1. The Bertz CT molecular complexity index is 363. The lowest BCUT2D eigenvalue weighted by Gasteiger charge is -2.11. The number of rotatable bonds is 6. The van der Waals surface area contributed by atoms with Crippen LogP contribution in [0.15, 0.2) is 18.2 Å². The number of hydrogen-bond donors (Lipinski definition) is 1. The van der Waals surface area contributed by atoms with Gasteiger partial charge in [-0.2, -0.15) is 0 Å². The molecule has 0 saturated heterocycles. The number of carbonyl (C=O) groups excluding carboxylic acids is 1. The first-order valence-electron chi connectivity index (χ1n) is 5.29. The Morgan fingerprint density at radius 3 is 2.69 bits per heavy atom. The zero-order valence-electron chi connectivity index (χ0n) is 9.66. The van der Waals surface area contributed by atoms with E-state index in [9.17, 15) is 4.79 Å². The first kappa shape index (κ1) is 12.4. The maximum Gasteiger partial charge on any atom is 0.248 e. The number of hydrogen-bond acceptors (Lipinski definition) is 3. The van der Waals surface area contributed by atoms with E-state index in [0.717, 1.165) is 12.8 Å². The van der Waals surface area contributed by atoms with E-state index in [4.69, 9.17) is 15.2 Å². The van der Waals surface area contributed by atoms with Crippen LogP contribution < -0.4 is 15.2 Å². The average Bonchev–Trinajstić information content (AvgIpc) is 2.29. The van der Waals surface area contributed by atoms with Crippen molar-refractivity contribution in [3.63, 3.8) is 0 Å². The van der Waals surface area contributed by atoms with E-state index in [1.54, 1.807) is 25.3 Å². The molecule has 0 atom stereocenters. The van der Waals surface area contributed by atoms with Gasteiger partial charge in [0.15, 0.2) is 11.5 Å². The van der Waals surface area contributed by atoms with Crippen molar-refractivity contribution in [3.8, 4) is 11.5 Å². The number of primary amides is 1. The zero-order valence-corrected chi connectivity index (χ0v) is 9.66. The fourth-order valence-corrected chi connectivity index (χ4v) is 1.27. The van der Waals surface area contributed by atoms with E-state index in [1.807, 2.05) is 0 Å². The lowest BCUT2D eigenvalue weighted by Crippen LogP contribution is -2.11. The molecule has 1 amide bonds. The van der Waals surface area contributed by atoms with Crippen molar-refractivity contribution >= 4 is 5.91 Å². The summed E-state index contributed by atoms with van der Waals surface area (Å²) in [4.78, 5) is 11.0. The Labute approximate surface area is 95.3 Å². The number of benzene rings is 1. The molecular weight excluding hydrogens is 206 g/mol. The minimum Gasteiger partial charge on any atom is -0.493 e. The highest BCUT2D eigenvalue weighted by molar-refractivity contribution is 5.93. The second-order valence-corrected chi connectivity index (χ2v) is 3.43. The highest BCUT2D eigenvalue weighted by Gasteiger charge is 2.08. The fourth-order valence-electron chi connectivity index (χ4n) is 1.27. The molecule has 1 aromatic carbocycles. The van der Waals surface area contributed by atoms with Crippen LogP contribution in [0, 0.1) is 0 Å². The number of amides is 1. The summed E-state index contributed by atoms with van der Waals surface area (Å²) in [6.07, 6.45) is 2.02.